The molecule has 0 bridgehead atoms. The number of halogens is 1. The lowest BCUT2D eigenvalue weighted by Crippen LogP contribution is -2.39. The average molecular weight is 593 g/mol. The number of furan rings is 1. The van der Waals surface area contributed by atoms with Gasteiger partial charge in [0.25, 0.3) is 5.56 Å². The van der Waals surface area contributed by atoms with Crippen molar-refractivity contribution in [2.45, 2.75) is 19.9 Å². The molecule has 0 unspecified atom stereocenters. The highest BCUT2D eigenvalue weighted by molar-refractivity contribution is 9.10. The van der Waals surface area contributed by atoms with E-state index in [0.717, 1.165) is 10.0 Å². The van der Waals surface area contributed by atoms with Gasteiger partial charge in [-0.2, -0.15) is 0 Å². The van der Waals surface area contributed by atoms with Crippen LogP contribution in [-0.4, -0.2) is 28.2 Å². The van der Waals surface area contributed by atoms with E-state index in [2.05, 4.69) is 20.9 Å². The summed E-state index contributed by atoms with van der Waals surface area (Å²) in [6.07, 6.45) is 1.62. The van der Waals surface area contributed by atoms with Crippen LogP contribution >= 0.6 is 27.3 Å². The molecular formula is C28H21BrN2O6S. The molecule has 8 nitrogen and oxygen atoms in total. The van der Waals surface area contributed by atoms with Gasteiger partial charge in [0.15, 0.2) is 4.80 Å². The Morgan fingerprint density at radius 2 is 1.95 bits per heavy atom. The molecule has 0 amide bonds. The van der Waals surface area contributed by atoms with E-state index in [-0.39, 0.29) is 17.7 Å². The molecule has 4 aromatic rings. The number of carboxylic acid groups (broad SMARTS) is 1. The van der Waals surface area contributed by atoms with Crippen LogP contribution < -0.4 is 14.9 Å². The molecule has 1 aliphatic heterocycles. The minimum absolute atomic E-state index is 0.148. The standard InChI is InChI=1S/C28H21BrN2O6S/c1-3-36-27(35)23-15(2)30-28-31(24(23)16-7-9-19(29)10-8-16)25(32)22(38-28)14-20-11-12-21(37-20)17-5-4-6-18(13-17)26(33)34/h4-14,24H,3H2,1-2H3,(H,33,34)/b22-14-/t24-/m0/s1. The van der Waals surface area contributed by atoms with Gasteiger partial charge in [0.05, 0.1) is 34.0 Å². The molecule has 38 heavy (non-hydrogen) atoms. The smallest absolute Gasteiger partial charge is 0.338 e. The monoisotopic (exact) mass is 592 g/mol. The number of ether oxygens (including phenoxy) is 1. The second-order valence-electron chi connectivity index (χ2n) is 8.44. The van der Waals surface area contributed by atoms with Crippen LogP contribution in [0.1, 0.15) is 41.6 Å². The molecule has 10 heteroatoms. The molecule has 1 aliphatic rings. The number of hydrogen-bond donors (Lipinski definition) is 1. The quantitative estimate of drug-likeness (QED) is 0.329. The van der Waals surface area contributed by atoms with Crippen molar-refractivity contribution in [3.63, 3.8) is 0 Å². The molecule has 1 atom stereocenters. The maximum atomic E-state index is 13.7. The molecule has 2 aromatic carbocycles. The summed E-state index contributed by atoms with van der Waals surface area (Å²) in [4.78, 5) is 43.0. The number of thiazole rings is 1. The molecule has 0 saturated carbocycles. The molecule has 0 fully saturated rings. The summed E-state index contributed by atoms with van der Waals surface area (Å²) in [6, 6.07) is 16.6. The number of rotatable bonds is 6. The van der Waals surface area contributed by atoms with Crippen molar-refractivity contribution in [1.82, 2.24) is 4.57 Å². The van der Waals surface area contributed by atoms with Gasteiger partial charge in [0.2, 0.25) is 0 Å². The Kier molecular flexibility index (Phi) is 7.00. The minimum Gasteiger partial charge on any atom is -0.478 e. The molecule has 0 aliphatic carbocycles. The van der Waals surface area contributed by atoms with Crippen molar-refractivity contribution in [1.29, 1.82) is 0 Å². The second-order valence-corrected chi connectivity index (χ2v) is 10.4. The number of hydrogen-bond acceptors (Lipinski definition) is 7. The first kappa shape index (κ1) is 25.6. The first-order valence-electron chi connectivity index (χ1n) is 11.7. The number of aromatic nitrogens is 1. The predicted octanol–water partition coefficient (Wildman–Crippen LogP) is 4.52. The van der Waals surface area contributed by atoms with Gasteiger partial charge >= 0.3 is 11.9 Å². The highest BCUT2D eigenvalue weighted by Crippen LogP contribution is 2.31. The van der Waals surface area contributed by atoms with E-state index >= 15 is 0 Å². The molecule has 0 saturated heterocycles. The number of fused-ring (bicyclic) bond motifs is 1. The van der Waals surface area contributed by atoms with Gasteiger partial charge in [-0.15, -0.1) is 0 Å². The fraction of sp³-hybridized carbons (Fsp3) is 0.143. The van der Waals surface area contributed by atoms with Gasteiger partial charge in [-0.1, -0.05) is 51.5 Å². The number of carbonyl (C=O) groups excluding carboxylic acids is 1. The van der Waals surface area contributed by atoms with Gasteiger partial charge in [0, 0.05) is 16.1 Å². The normalized spacial score (nSPS) is 15.2. The summed E-state index contributed by atoms with van der Waals surface area (Å²) in [6.45, 7) is 3.66. The first-order valence-corrected chi connectivity index (χ1v) is 13.3. The summed E-state index contributed by atoms with van der Waals surface area (Å²) in [5, 5.41) is 9.27. The molecule has 5 rings (SSSR count). The number of esters is 1. The lowest BCUT2D eigenvalue weighted by molar-refractivity contribution is -0.139. The number of benzene rings is 2. The maximum Gasteiger partial charge on any atom is 0.338 e. The zero-order chi connectivity index (χ0) is 27.0. The van der Waals surface area contributed by atoms with Crippen molar-refractivity contribution < 1.29 is 23.8 Å². The van der Waals surface area contributed by atoms with Crippen LogP contribution in [0.2, 0.25) is 0 Å². The van der Waals surface area contributed by atoms with Gasteiger partial charge < -0.3 is 14.3 Å². The van der Waals surface area contributed by atoms with Crippen LogP contribution in [0.5, 0.6) is 0 Å². The van der Waals surface area contributed by atoms with Crippen LogP contribution in [0.4, 0.5) is 0 Å². The van der Waals surface area contributed by atoms with E-state index < -0.39 is 18.0 Å². The van der Waals surface area contributed by atoms with E-state index in [1.165, 1.54) is 28.0 Å². The third kappa shape index (κ3) is 4.80. The zero-order valence-electron chi connectivity index (χ0n) is 20.3. The van der Waals surface area contributed by atoms with Crippen molar-refractivity contribution in [2.75, 3.05) is 6.61 Å². The SMILES string of the molecule is CCOC(=O)C1=C(C)N=c2s/c(=C\c3ccc(-c4cccc(C(=O)O)c4)o3)c(=O)n2[C@H]1c1ccc(Br)cc1. The Hall–Kier alpha value is -4.02. The molecular weight excluding hydrogens is 572 g/mol. The van der Waals surface area contributed by atoms with Crippen LogP contribution in [0.3, 0.4) is 0 Å². The molecule has 3 heterocycles. The van der Waals surface area contributed by atoms with Gasteiger partial charge in [-0.25, -0.2) is 14.6 Å². The number of nitrogens with zero attached hydrogens (tertiary/aromatic N) is 2. The summed E-state index contributed by atoms with van der Waals surface area (Å²) in [7, 11) is 0. The highest BCUT2D eigenvalue weighted by Gasteiger charge is 2.33. The Morgan fingerprint density at radius 3 is 2.66 bits per heavy atom. The fourth-order valence-corrected chi connectivity index (χ4v) is 5.56. The van der Waals surface area contributed by atoms with E-state index in [0.29, 0.717) is 37.7 Å². The molecule has 0 radical (unpaired) electrons. The number of allylic oxidation sites excluding steroid dienone is 1. The maximum absolute atomic E-state index is 13.7. The van der Waals surface area contributed by atoms with Gasteiger partial charge in [0.1, 0.15) is 11.5 Å². The third-order valence-electron chi connectivity index (χ3n) is 6.00. The first-order chi connectivity index (χ1) is 18.3. The average Bonchev–Trinajstić information content (AvgIpc) is 3.48. The topological polar surface area (TPSA) is 111 Å². The highest BCUT2D eigenvalue weighted by atomic mass is 79.9. The molecule has 192 valence electrons. The Morgan fingerprint density at radius 1 is 1.18 bits per heavy atom. The van der Waals surface area contributed by atoms with Crippen molar-refractivity contribution in [2.24, 2.45) is 4.99 Å². The summed E-state index contributed by atoms with van der Waals surface area (Å²) < 4.78 is 14.0. The largest absolute Gasteiger partial charge is 0.478 e. The molecule has 0 spiro atoms. The van der Waals surface area contributed by atoms with E-state index in [9.17, 15) is 19.5 Å². The summed E-state index contributed by atoms with van der Waals surface area (Å²) in [5.41, 5.74) is 1.98. The van der Waals surface area contributed by atoms with Crippen molar-refractivity contribution in [3.05, 3.63) is 113 Å². The van der Waals surface area contributed by atoms with Gasteiger partial charge in [-0.05, 0) is 55.8 Å². The lowest BCUT2D eigenvalue weighted by Gasteiger charge is -2.24. The summed E-state index contributed by atoms with van der Waals surface area (Å²) >= 11 is 4.63. The molecule has 1 N–H and O–H groups in total. The van der Waals surface area contributed by atoms with Crippen LogP contribution in [0.15, 0.2) is 90.6 Å². The van der Waals surface area contributed by atoms with E-state index in [1.54, 1.807) is 44.2 Å². The number of carbonyl (C=O) groups is 2. The number of aromatic carboxylic acids is 1. The van der Waals surface area contributed by atoms with Crippen LogP contribution in [-0.2, 0) is 9.53 Å². The Balaban J connectivity index is 1.61. The fourth-order valence-electron chi connectivity index (χ4n) is 4.27. The van der Waals surface area contributed by atoms with E-state index in [4.69, 9.17) is 9.15 Å². The van der Waals surface area contributed by atoms with Gasteiger partial charge in [-0.3, -0.25) is 9.36 Å². The van der Waals surface area contributed by atoms with Crippen molar-refractivity contribution >= 4 is 45.3 Å². The Bertz CT molecular complexity index is 1780. The minimum atomic E-state index is -1.03. The predicted molar refractivity (Wildman–Crippen MR) is 146 cm³/mol. The van der Waals surface area contributed by atoms with Crippen molar-refractivity contribution in [3.8, 4) is 11.3 Å². The lowest BCUT2D eigenvalue weighted by atomic mass is 9.96. The van der Waals surface area contributed by atoms with E-state index in [1.807, 2.05) is 24.3 Å². The molecule has 2 aromatic heterocycles. The third-order valence-corrected chi connectivity index (χ3v) is 7.51. The van der Waals surface area contributed by atoms with Crippen LogP contribution in [0.25, 0.3) is 17.4 Å². The number of carboxylic acids is 1. The Labute approximate surface area is 229 Å². The second kappa shape index (κ2) is 10.4. The zero-order valence-corrected chi connectivity index (χ0v) is 22.7. The van der Waals surface area contributed by atoms with Crippen LogP contribution in [0, 0.1) is 0 Å². The summed E-state index contributed by atoms with van der Waals surface area (Å²) in [5.74, 6) is -0.652.